The summed E-state index contributed by atoms with van der Waals surface area (Å²) in [6.45, 7) is 3.42. The highest BCUT2D eigenvalue weighted by atomic mass is 127. The Labute approximate surface area is 141 Å². The molecule has 2 heterocycles. The van der Waals surface area contributed by atoms with E-state index >= 15 is 0 Å². The zero-order valence-electron chi connectivity index (χ0n) is 11.2. The molecule has 3 rings (SSSR count). The molecule has 1 aromatic carbocycles. The van der Waals surface area contributed by atoms with Crippen molar-refractivity contribution in [1.29, 1.82) is 0 Å². The normalized spacial score (nSPS) is 15.3. The van der Waals surface area contributed by atoms with Crippen LogP contribution in [0, 0.1) is 3.57 Å². The number of nitrogens with zero attached hydrogens (tertiary/aromatic N) is 3. The van der Waals surface area contributed by atoms with E-state index in [1.54, 1.807) is 0 Å². The number of halogens is 2. The van der Waals surface area contributed by atoms with E-state index in [1.807, 2.05) is 40.8 Å². The lowest BCUT2D eigenvalue weighted by atomic mass is 10.2. The van der Waals surface area contributed by atoms with E-state index in [9.17, 15) is 4.79 Å². The second-order valence-electron chi connectivity index (χ2n) is 4.82. The Kier molecular flexibility index (Phi) is 4.34. The molecule has 0 saturated carbocycles. The monoisotopic (exact) mass is 416 g/mol. The fourth-order valence-electron chi connectivity index (χ4n) is 2.44. The minimum absolute atomic E-state index is 0.0853. The van der Waals surface area contributed by atoms with Crippen LogP contribution in [0.15, 0.2) is 35.4 Å². The summed E-state index contributed by atoms with van der Waals surface area (Å²) in [6.07, 6.45) is 1.46. The highest BCUT2D eigenvalue weighted by molar-refractivity contribution is 14.1. The van der Waals surface area contributed by atoms with Gasteiger partial charge in [0.05, 0.1) is 6.33 Å². The van der Waals surface area contributed by atoms with Gasteiger partial charge < -0.3 is 14.8 Å². The quantitative estimate of drug-likeness (QED) is 0.764. The highest BCUT2D eigenvalue weighted by Crippen LogP contribution is 2.23. The number of H-pyrrole nitrogens is 1. The van der Waals surface area contributed by atoms with Crippen molar-refractivity contribution in [1.82, 2.24) is 9.97 Å². The van der Waals surface area contributed by atoms with Crippen molar-refractivity contribution in [2.24, 2.45) is 0 Å². The van der Waals surface area contributed by atoms with Crippen LogP contribution in [-0.2, 0) is 0 Å². The number of rotatable bonds is 2. The molecule has 21 heavy (non-hydrogen) atoms. The summed E-state index contributed by atoms with van der Waals surface area (Å²) in [5.41, 5.74) is 1.05. The Bertz CT molecular complexity index is 697. The Hall–Kier alpha value is -1.28. The molecule has 0 spiro atoms. The number of anilines is 2. The third-order valence-corrected chi connectivity index (χ3v) is 4.74. The number of hydrogen-bond acceptors (Lipinski definition) is 4. The minimum Gasteiger partial charge on any atom is -0.368 e. The molecule has 7 heteroatoms. The smallest absolute Gasteiger partial charge is 0.266 e. The van der Waals surface area contributed by atoms with Crippen LogP contribution in [0.25, 0.3) is 0 Å². The van der Waals surface area contributed by atoms with Gasteiger partial charge in [0.15, 0.2) is 0 Å². The van der Waals surface area contributed by atoms with E-state index in [-0.39, 0.29) is 5.56 Å². The van der Waals surface area contributed by atoms with Crippen LogP contribution in [-0.4, -0.2) is 36.1 Å². The lowest BCUT2D eigenvalue weighted by Crippen LogP contribution is -2.47. The van der Waals surface area contributed by atoms with Crippen LogP contribution in [0.3, 0.4) is 0 Å². The lowest BCUT2D eigenvalue weighted by molar-refractivity contribution is 0.645. The molecule has 1 N–H and O–H groups in total. The number of benzene rings is 1. The molecule has 0 amide bonds. The summed E-state index contributed by atoms with van der Waals surface area (Å²) in [7, 11) is 0. The average Bonchev–Trinajstić information content (AvgIpc) is 2.50. The Morgan fingerprint density at radius 3 is 2.62 bits per heavy atom. The van der Waals surface area contributed by atoms with E-state index in [0.717, 1.165) is 42.7 Å². The van der Waals surface area contributed by atoms with Gasteiger partial charge in [-0.25, -0.2) is 4.98 Å². The molecule has 110 valence electrons. The molecular weight excluding hydrogens is 403 g/mol. The molecule has 1 aliphatic rings. The van der Waals surface area contributed by atoms with Gasteiger partial charge in [0.2, 0.25) is 0 Å². The van der Waals surface area contributed by atoms with Crippen molar-refractivity contribution in [3.05, 3.63) is 49.5 Å². The van der Waals surface area contributed by atoms with Gasteiger partial charge in [0.1, 0.15) is 9.39 Å². The SMILES string of the molecule is O=c1[nH]cnc(N2CCN(c3cccc(Cl)c3)CC2)c1I. The molecule has 0 radical (unpaired) electrons. The van der Waals surface area contributed by atoms with Gasteiger partial charge in [-0.3, -0.25) is 4.79 Å². The second-order valence-corrected chi connectivity index (χ2v) is 6.34. The molecule has 1 saturated heterocycles. The molecule has 0 aliphatic carbocycles. The predicted molar refractivity (Wildman–Crippen MR) is 93.5 cm³/mol. The maximum absolute atomic E-state index is 11.7. The molecule has 0 unspecified atom stereocenters. The van der Waals surface area contributed by atoms with E-state index in [4.69, 9.17) is 11.6 Å². The first-order valence-corrected chi connectivity index (χ1v) is 8.09. The first-order valence-electron chi connectivity index (χ1n) is 6.64. The molecule has 1 aromatic heterocycles. The third kappa shape index (κ3) is 3.16. The summed E-state index contributed by atoms with van der Waals surface area (Å²) in [6, 6.07) is 7.89. The summed E-state index contributed by atoms with van der Waals surface area (Å²) in [5, 5.41) is 0.751. The van der Waals surface area contributed by atoms with Crippen LogP contribution >= 0.6 is 34.2 Å². The third-order valence-electron chi connectivity index (χ3n) is 3.53. The molecule has 0 atom stereocenters. The number of hydrogen-bond donors (Lipinski definition) is 1. The number of aromatic nitrogens is 2. The van der Waals surface area contributed by atoms with E-state index in [2.05, 4.69) is 25.8 Å². The molecule has 5 nitrogen and oxygen atoms in total. The highest BCUT2D eigenvalue weighted by Gasteiger charge is 2.21. The van der Waals surface area contributed by atoms with Crippen LogP contribution in [0.5, 0.6) is 0 Å². The number of nitrogens with one attached hydrogen (secondary N) is 1. The van der Waals surface area contributed by atoms with Crippen molar-refractivity contribution in [2.45, 2.75) is 0 Å². The summed E-state index contributed by atoms with van der Waals surface area (Å²) < 4.78 is 0.645. The maximum atomic E-state index is 11.7. The van der Waals surface area contributed by atoms with Gasteiger partial charge in [0, 0.05) is 36.9 Å². The van der Waals surface area contributed by atoms with Crippen LogP contribution in [0.4, 0.5) is 11.5 Å². The molecule has 2 aromatic rings. The van der Waals surface area contributed by atoms with E-state index in [0.29, 0.717) is 3.57 Å². The summed E-state index contributed by atoms with van der Waals surface area (Å²) in [5.74, 6) is 0.769. The topological polar surface area (TPSA) is 52.2 Å². The first-order chi connectivity index (χ1) is 10.1. The number of piperazine rings is 1. The van der Waals surface area contributed by atoms with Crippen molar-refractivity contribution >= 4 is 45.7 Å². The molecule has 1 fully saturated rings. The minimum atomic E-state index is -0.0853. The fraction of sp³-hybridized carbons (Fsp3) is 0.286. The van der Waals surface area contributed by atoms with Crippen molar-refractivity contribution in [2.75, 3.05) is 36.0 Å². The van der Waals surface area contributed by atoms with E-state index in [1.165, 1.54) is 6.33 Å². The van der Waals surface area contributed by atoms with Gasteiger partial charge in [0.25, 0.3) is 5.56 Å². The van der Waals surface area contributed by atoms with Crippen molar-refractivity contribution in [3.63, 3.8) is 0 Å². The molecule has 0 bridgehead atoms. The first kappa shape index (κ1) is 14.6. The van der Waals surface area contributed by atoms with E-state index < -0.39 is 0 Å². The van der Waals surface area contributed by atoms with Crippen LogP contribution in [0.2, 0.25) is 5.02 Å². The zero-order valence-corrected chi connectivity index (χ0v) is 14.1. The van der Waals surface area contributed by atoms with Crippen LogP contribution < -0.4 is 15.4 Å². The summed E-state index contributed by atoms with van der Waals surface area (Å²) in [4.78, 5) is 23.0. The second kappa shape index (κ2) is 6.23. The number of aromatic amines is 1. The zero-order chi connectivity index (χ0) is 14.8. The summed E-state index contributed by atoms with van der Waals surface area (Å²) >= 11 is 8.09. The van der Waals surface area contributed by atoms with Crippen molar-refractivity contribution in [3.8, 4) is 0 Å². The Morgan fingerprint density at radius 1 is 1.19 bits per heavy atom. The molecular formula is C14H14ClIN4O. The van der Waals surface area contributed by atoms with Gasteiger partial charge in [-0.1, -0.05) is 17.7 Å². The standard InChI is InChI=1S/C14H14ClIN4O/c15-10-2-1-3-11(8-10)19-4-6-20(7-5-19)13-12(16)14(21)18-9-17-13/h1-3,8-9H,4-7H2,(H,17,18,21). The Morgan fingerprint density at radius 2 is 1.90 bits per heavy atom. The average molecular weight is 417 g/mol. The van der Waals surface area contributed by atoms with Gasteiger partial charge >= 0.3 is 0 Å². The maximum Gasteiger partial charge on any atom is 0.266 e. The fourth-order valence-corrected chi connectivity index (χ4v) is 3.26. The van der Waals surface area contributed by atoms with Crippen molar-refractivity contribution < 1.29 is 0 Å². The largest absolute Gasteiger partial charge is 0.368 e. The van der Waals surface area contributed by atoms with Crippen LogP contribution in [0.1, 0.15) is 0 Å². The Balaban J connectivity index is 1.73. The molecule has 1 aliphatic heterocycles. The van der Waals surface area contributed by atoms with Gasteiger partial charge in [-0.2, -0.15) is 0 Å². The van der Waals surface area contributed by atoms with Gasteiger partial charge in [-0.15, -0.1) is 0 Å². The predicted octanol–water partition coefficient (Wildman–Crippen LogP) is 2.35. The van der Waals surface area contributed by atoms with Gasteiger partial charge in [-0.05, 0) is 40.8 Å². The lowest BCUT2D eigenvalue weighted by Gasteiger charge is -2.36.